The highest BCUT2D eigenvalue weighted by molar-refractivity contribution is 8.00. The predicted octanol–water partition coefficient (Wildman–Crippen LogP) is 4.49. The van der Waals surface area contributed by atoms with Crippen LogP contribution in [0, 0.1) is 0 Å². The van der Waals surface area contributed by atoms with E-state index in [1.54, 1.807) is 19.1 Å². The molecule has 1 aromatic heterocycles. The van der Waals surface area contributed by atoms with Gasteiger partial charge in [0.15, 0.2) is 0 Å². The van der Waals surface area contributed by atoms with Gasteiger partial charge in [0.2, 0.25) is 11.8 Å². The van der Waals surface area contributed by atoms with E-state index < -0.39 is 11.2 Å². The van der Waals surface area contributed by atoms with Crippen LogP contribution in [-0.2, 0) is 33.8 Å². The molecule has 3 heterocycles. The minimum Gasteiger partial charge on any atom is -0.462 e. The number of nitrogens with two attached hydrogens (primary N) is 1. The summed E-state index contributed by atoms with van der Waals surface area (Å²) in [6.45, 7) is 4.20. The summed E-state index contributed by atoms with van der Waals surface area (Å²) in [6, 6.07) is 17.5. The first-order valence-corrected chi connectivity index (χ1v) is 13.6. The maximum atomic E-state index is 13.5. The number of ether oxygens (including phenoxy) is 1. The van der Waals surface area contributed by atoms with Gasteiger partial charge in [-0.3, -0.25) is 14.5 Å². The van der Waals surface area contributed by atoms with Crippen molar-refractivity contribution >= 4 is 51.6 Å². The zero-order valence-corrected chi connectivity index (χ0v) is 21.6. The summed E-state index contributed by atoms with van der Waals surface area (Å²) in [5, 5.41) is -0.172. The molecule has 3 aromatic rings. The van der Waals surface area contributed by atoms with Gasteiger partial charge < -0.3 is 10.5 Å². The number of carbonyl (C=O) groups is 3. The molecule has 1 fully saturated rings. The third-order valence-corrected chi connectivity index (χ3v) is 8.67. The minimum atomic E-state index is -0.567. The third-order valence-electron chi connectivity index (χ3n) is 6.29. The van der Waals surface area contributed by atoms with Gasteiger partial charge in [0.25, 0.3) is 0 Å². The van der Waals surface area contributed by atoms with Gasteiger partial charge in [-0.2, -0.15) is 0 Å². The zero-order valence-electron chi connectivity index (χ0n) is 19.9. The van der Waals surface area contributed by atoms with Gasteiger partial charge >= 0.3 is 5.97 Å². The van der Waals surface area contributed by atoms with Crippen molar-refractivity contribution in [2.24, 2.45) is 0 Å². The number of nitrogen functional groups attached to an aromatic ring is 1. The Kier molecular flexibility index (Phi) is 7.13. The number of carbonyl (C=O) groups excluding carboxylic acids is 3. The molecule has 7 nitrogen and oxygen atoms in total. The molecule has 0 radical (unpaired) electrons. The largest absolute Gasteiger partial charge is 0.462 e. The standard InChI is InChI=1S/C27H27N3O4S2/c1-2-34-27(33)24-20-11-12-29(15-17-7-4-3-5-8-17)16-22(20)36-26(24)30-23(31)14-21(25(30)32)35-19-10-6-9-18(28)13-19/h3-10,13,21H,2,11-12,14-16,28H2,1H3. The second-order valence-electron chi connectivity index (χ2n) is 8.80. The molecular weight excluding hydrogens is 494 g/mol. The van der Waals surface area contributed by atoms with Gasteiger partial charge in [-0.05, 0) is 42.7 Å². The topological polar surface area (TPSA) is 92.9 Å². The molecule has 0 spiro atoms. The Morgan fingerprint density at radius 2 is 1.97 bits per heavy atom. The smallest absolute Gasteiger partial charge is 0.341 e. The van der Waals surface area contributed by atoms with Crippen LogP contribution in [0.1, 0.15) is 39.7 Å². The fourth-order valence-corrected chi connectivity index (χ4v) is 7.17. The molecule has 0 bridgehead atoms. The molecule has 2 amide bonds. The molecule has 2 aromatic carbocycles. The van der Waals surface area contributed by atoms with Gasteiger partial charge in [-0.15, -0.1) is 23.1 Å². The molecule has 0 saturated carbocycles. The number of anilines is 2. The van der Waals surface area contributed by atoms with E-state index >= 15 is 0 Å². The highest BCUT2D eigenvalue weighted by Gasteiger charge is 2.44. The monoisotopic (exact) mass is 521 g/mol. The van der Waals surface area contributed by atoms with Crippen molar-refractivity contribution in [3.63, 3.8) is 0 Å². The number of amides is 2. The molecular formula is C27H27N3O4S2. The summed E-state index contributed by atoms with van der Waals surface area (Å²) in [4.78, 5) is 45.0. The molecule has 36 heavy (non-hydrogen) atoms. The molecule has 1 saturated heterocycles. The number of nitrogens with zero attached hydrogens (tertiary/aromatic N) is 2. The zero-order chi connectivity index (χ0) is 25.2. The summed E-state index contributed by atoms with van der Waals surface area (Å²) in [5.41, 5.74) is 8.96. The Balaban J connectivity index is 1.44. The second kappa shape index (κ2) is 10.5. The van der Waals surface area contributed by atoms with Crippen LogP contribution in [0.3, 0.4) is 0 Å². The average molecular weight is 522 g/mol. The van der Waals surface area contributed by atoms with E-state index in [1.165, 1.54) is 33.6 Å². The van der Waals surface area contributed by atoms with Crippen molar-refractivity contribution in [1.29, 1.82) is 0 Å². The van der Waals surface area contributed by atoms with Gasteiger partial charge in [0.1, 0.15) is 5.00 Å². The summed E-state index contributed by atoms with van der Waals surface area (Å²) < 4.78 is 5.37. The number of thiophene rings is 1. The summed E-state index contributed by atoms with van der Waals surface area (Å²) in [6.07, 6.45) is 0.730. The Morgan fingerprint density at radius 1 is 1.17 bits per heavy atom. The number of hydrogen-bond acceptors (Lipinski definition) is 8. The van der Waals surface area contributed by atoms with Crippen LogP contribution < -0.4 is 10.6 Å². The lowest BCUT2D eigenvalue weighted by molar-refractivity contribution is -0.121. The Hall–Kier alpha value is -3.14. The third kappa shape index (κ3) is 4.91. The Bertz CT molecular complexity index is 1310. The lowest BCUT2D eigenvalue weighted by Crippen LogP contribution is -2.32. The quantitative estimate of drug-likeness (QED) is 0.278. The van der Waals surface area contributed by atoms with E-state index in [2.05, 4.69) is 17.0 Å². The van der Waals surface area contributed by atoms with Crippen molar-refractivity contribution in [2.75, 3.05) is 23.8 Å². The summed E-state index contributed by atoms with van der Waals surface area (Å²) in [7, 11) is 0. The van der Waals surface area contributed by atoms with Crippen molar-refractivity contribution in [1.82, 2.24) is 4.90 Å². The van der Waals surface area contributed by atoms with Crippen LogP contribution in [0.2, 0.25) is 0 Å². The van der Waals surface area contributed by atoms with Crippen molar-refractivity contribution in [3.8, 4) is 0 Å². The number of benzene rings is 2. The molecule has 1 atom stereocenters. The normalized spacial score (nSPS) is 17.9. The number of thioether (sulfide) groups is 1. The molecule has 2 aliphatic heterocycles. The minimum absolute atomic E-state index is 0.0727. The molecule has 0 aliphatic carbocycles. The molecule has 9 heteroatoms. The van der Waals surface area contributed by atoms with Gasteiger partial charge in [0.05, 0.1) is 17.4 Å². The lowest BCUT2D eigenvalue weighted by Gasteiger charge is -2.27. The van der Waals surface area contributed by atoms with Gasteiger partial charge in [-0.25, -0.2) is 9.69 Å². The van der Waals surface area contributed by atoms with Gasteiger partial charge in [-0.1, -0.05) is 36.4 Å². The number of imide groups is 1. The van der Waals surface area contributed by atoms with Crippen LogP contribution in [0.15, 0.2) is 59.5 Å². The second-order valence-corrected chi connectivity index (χ2v) is 11.2. The first kappa shape index (κ1) is 24.5. The van der Waals surface area contributed by atoms with E-state index in [0.717, 1.165) is 28.4 Å². The number of rotatable bonds is 7. The van der Waals surface area contributed by atoms with E-state index in [9.17, 15) is 14.4 Å². The van der Waals surface area contributed by atoms with Gasteiger partial charge in [0, 0.05) is 41.5 Å². The highest BCUT2D eigenvalue weighted by atomic mass is 32.2. The SMILES string of the molecule is CCOC(=O)c1c(N2C(=O)CC(Sc3cccc(N)c3)C2=O)sc2c1CCN(Cc1ccccc1)C2. The highest BCUT2D eigenvalue weighted by Crippen LogP contribution is 2.43. The van der Waals surface area contributed by atoms with Crippen LogP contribution in [0.5, 0.6) is 0 Å². The van der Waals surface area contributed by atoms with Crippen LogP contribution in [0.25, 0.3) is 0 Å². The fraction of sp³-hybridized carbons (Fsp3) is 0.296. The predicted molar refractivity (Wildman–Crippen MR) is 142 cm³/mol. The van der Waals surface area contributed by atoms with Crippen LogP contribution >= 0.6 is 23.1 Å². The maximum Gasteiger partial charge on any atom is 0.341 e. The van der Waals surface area contributed by atoms with Crippen molar-refractivity contribution in [3.05, 3.63) is 76.2 Å². The van der Waals surface area contributed by atoms with Crippen molar-refractivity contribution in [2.45, 2.75) is 43.0 Å². The van der Waals surface area contributed by atoms with E-state index in [1.807, 2.05) is 30.3 Å². The molecule has 186 valence electrons. The number of fused-ring (bicyclic) bond motifs is 1. The molecule has 2 aliphatic rings. The number of esters is 1. The fourth-order valence-electron chi connectivity index (χ4n) is 4.65. The van der Waals surface area contributed by atoms with E-state index in [0.29, 0.717) is 29.2 Å². The average Bonchev–Trinajstić information content (AvgIpc) is 3.35. The molecule has 2 N–H and O–H groups in total. The first-order valence-electron chi connectivity index (χ1n) is 11.9. The first-order chi connectivity index (χ1) is 17.4. The van der Waals surface area contributed by atoms with E-state index in [4.69, 9.17) is 10.5 Å². The molecule has 1 unspecified atom stereocenters. The van der Waals surface area contributed by atoms with Crippen LogP contribution in [0.4, 0.5) is 10.7 Å². The lowest BCUT2D eigenvalue weighted by atomic mass is 10.0. The van der Waals surface area contributed by atoms with Crippen molar-refractivity contribution < 1.29 is 19.1 Å². The Labute approximate surface area is 218 Å². The summed E-state index contributed by atoms with van der Waals surface area (Å²) >= 11 is 2.68. The maximum absolute atomic E-state index is 13.5. The van der Waals surface area contributed by atoms with Crippen LogP contribution in [-0.4, -0.2) is 41.1 Å². The van der Waals surface area contributed by atoms with E-state index in [-0.39, 0.29) is 24.8 Å². The molecule has 5 rings (SSSR count). The number of hydrogen-bond donors (Lipinski definition) is 1. The Morgan fingerprint density at radius 3 is 2.72 bits per heavy atom. The summed E-state index contributed by atoms with van der Waals surface area (Å²) in [5.74, 6) is -1.08.